The van der Waals surface area contributed by atoms with Crippen molar-refractivity contribution in [1.29, 1.82) is 0 Å². The lowest BCUT2D eigenvalue weighted by Gasteiger charge is -2.09. The number of benzene rings is 3. The van der Waals surface area contributed by atoms with E-state index < -0.39 is 15.9 Å². The van der Waals surface area contributed by atoms with E-state index in [4.69, 9.17) is 34.8 Å². The lowest BCUT2D eigenvalue weighted by Crippen LogP contribution is -2.14. The number of thiazole rings is 1. The van der Waals surface area contributed by atoms with Gasteiger partial charge in [-0.25, -0.2) is 8.42 Å². The van der Waals surface area contributed by atoms with E-state index in [-0.39, 0.29) is 16.1 Å². The molecule has 1 amide bonds. The minimum absolute atomic E-state index is 0.0503. The van der Waals surface area contributed by atoms with Gasteiger partial charge in [0.15, 0.2) is 4.80 Å². The fourth-order valence-electron chi connectivity index (χ4n) is 2.98. The Labute approximate surface area is 202 Å². The van der Waals surface area contributed by atoms with E-state index in [0.29, 0.717) is 25.4 Å². The van der Waals surface area contributed by atoms with Gasteiger partial charge in [-0.05, 0) is 54.6 Å². The number of rotatable bonds is 4. The summed E-state index contributed by atoms with van der Waals surface area (Å²) in [6.07, 6.45) is 0. The molecule has 4 rings (SSSR count). The molecule has 0 fully saturated rings. The highest BCUT2D eigenvalue weighted by Crippen LogP contribution is 2.31. The van der Waals surface area contributed by atoms with Crippen molar-refractivity contribution in [3.8, 4) is 0 Å². The van der Waals surface area contributed by atoms with Gasteiger partial charge in [-0.3, -0.25) is 9.52 Å². The topological polar surface area (TPSA) is 80.5 Å². The molecule has 1 aromatic heterocycles. The van der Waals surface area contributed by atoms with Crippen molar-refractivity contribution in [3.63, 3.8) is 0 Å². The van der Waals surface area contributed by atoms with Crippen LogP contribution < -0.4 is 9.52 Å². The summed E-state index contributed by atoms with van der Waals surface area (Å²) in [6.45, 7) is 0. The molecule has 0 saturated heterocycles. The molecule has 32 heavy (non-hydrogen) atoms. The van der Waals surface area contributed by atoms with Crippen LogP contribution in [0.15, 0.2) is 70.6 Å². The standard InChI is InChI=1S/C21H14Cl3N3O3S2/c1-27-18-16(23)9-10-17(24)19(18)31-21(27)25-20(28)12-3-2-4-14(11-12)26-32(29,30)15-7-5-13(22)6-8-15/h2-11,26H,1H3. The highest BCUT2D eigenvalue weighted by molar-refractivity contribution is 7.92. The Kier molecular flexibility index (Phi) is 6.33. The molecular weight excluding hydrogens is 513 g/mol. The molecule has 1 heterocycles. The Morgan fingerprint density at radius 1 is 1.00 bits per heavy atom. The molecular formula is C21H14Cl3N3O3S2. The van der Waals surface area contributed by atoms with Gasteiger partial charge in [-0.2, -0.15) is 4.99 Å². The second kappa shape index (κ2) is 8.88. The minimum Gasteiger partial charge on any atom is -0.318 e. The smallest absolute Gasteiger partial charge is 0.279 e. The minimum atomic E-state index is -3.85. The van der Waals surface area contributed by atoms with Crippen molar-refractivity contribution < 1.29 is 13.2 Å². The first-order chi connectivity index (χ1) is 15.2. The molecule has 3 aromatic carbocycles. The quantitative estimate of drug-likeness (QED) is 0.368. The Morgan fingerprint density at radius 2 is 1.69 bits per heavy atom. The van der Waals surface area contributed by atoms with Gasteiger partial charge in [0.05, 0.1) is 25.2 Å². The average molecular weight is 527 g/mol. The summed E-state index contributed by atoms with van der Waals surface area (Å²) in [5.74, 6) is -0.535. The Bertz CT molecular complexity index is 1530. The van der Waals surface area contributed by atoms with E-state index in [1.165, 1.54) is 41.7 Å². The molecule has 1 N–H and O–H groups in total. The Hall–Kier alpha value is -2.36. The van der Waals surface area contributed by atoms with Crippen molar-refractivity contribution in [2.45, 2.75) is 4.90 Å². The van der Waals surface area contributed by atoms with Crippen LogP contribution in [0.2, 0.25) is 15.1 Å². The molecule has 0 spiro atoms. The monoisotopic (exact) mass is 525 g/mol. The summed E-state index contributed by atoms with van der Waals surface area (Å²) < 4.78 is 30.1. The van der Waals surface area contributed by atoms with Crippen molar-refractivity contribution in [1.82, 2.24) is 4.57 Å². The van der Waals surface area contributed by atoms with Crippen molar-refractivity contribution >= 4 is 78.0 Å². The zero-order valence-corrected chi connectivity index (χ0v) is 20.2. The van der Waals surface area contributed by atoms with E-state index in [1.807, 2.05) is 0 Å². The number of aromatic nitrogens is 1. The van der Waals surface area contributed by atoms with Gasteiger partial charge in [0.25, 0.3) is 15.9 Å². The van der Waals surface area contributed by atoms with Gasteiger partial charge in [0.2, 0.25) is 0 Å². The second-order valence-electron chi connectivity index (χ2n) is 6.71. The summed E-state index contributed by atoms with van der Waals surface area (Å²) in [5.41, 5.74) is 1.13. The Balaban J connectivity index is 1.67. The maximum absolute atomic E-state index is 12.8. The molecule has 0 aliphatic carbocycles. The third-order valence-corrected chi connectivity index (χ3v) is 8.08. The number of amides is 1. The number of nitrogens with zero attached hydrogens (tertiary/aromatic N) is 2. The molecule has 4 aromatic rings. The molecule has 164 valence electrons. The van der Waals surface area contributed by atoms with Crippen LogP contribution in [-0.2, 0) is 17.1 Å². The predicted octanol–water partition coefficient (Wildman–Crippen LogP) is 5.74. The van der Waals surface area contributed by atoms with Gasteiger partial charge in [0.1, 0.15) is 0 Å². The first-order valence-electron chi connectivity index (χ1n) is 9.07. The van der Waals surface area contributed by atoms with Gasteiger partial charge < -0.3 is 4.57 Å². The first kappa shape index (κ1) is 22.8. The highest BCUT2D eigenvalue weighted by atomic mass is 35.5. The van der Waals surface area contributed by atoms with Gasteiger partial charge in [0, 0.05) is 23.3 Å². The van der Waals surface area contributed by atoms with E-state index >= 15 is 0 Å². The molecule has 0 bridgehead atoms. The van der Waals surface area contributed by atoms with Crippen LogP contribution >= 0.6 is 46.1 Å². The number of halogens is 3. The molecule has 0 aliphatic heterocycles. The number of carbonyl (C=O) groups excluding carboxylic acids is 1. The van der Waals surface area contributed by atoms with Crippen LogP contribution in [-0.4, -0.2) is 18.9 Å². The fraction of sp³-hybridized carbons (Fsp3) is 0.0476. The van der Waals surface area contributed by atoms with Crippen molar-refractivity contribution in [3.05, 3.63) is 86.1 Å². The van der Waals surface area contributed by atoms with E-state index in [1.54, 1.807) is 41.9 Å². The lowest BCUT2D eigenvalue weighted by atomic mass is 10.2. The summed E-state index contributed by atoms with van der Waals surface area (Å²) in [5, 5.41) is 1.43. The van der Waals surface area contributed by atoms with Crippen molar-refractivity contribution in [2.24, 2.45) is 12.0 Å². The first-order valence-corrected chi connectivity index (χ1v) is 12.5. The van der Waals surface area contributed by atoms with Crippen molar-refractivity contribution in [2.75, 3.05) is 4.72 Å². The summed E-state index contributed by atoms with van der Waals surface area (Å²) in [4.78, 5) is 17.5. The van der Waals surface area contributed by atoms with Gasteiger partial charge in [-0.15, -0.1) is 0 Å². The number of anilines is 1. The van der Waals surface area contributed by atoms with Crippen LogP contribution in [0.5, 0.6) is 0 Å². The zero-order chi connectivity index (χ0) is 23.0. The van der Waals surface area contributed by atoms with Crippen LogP contribution in [0.4, 0.5) is 5.69 Å². The van der Waals surface area contributed by atoms with Crippen LogP contribution in [0.25, 0.3) is 10.2 Å². The summed E-state index contributed by atoms with van der Waals surface area (Å²) in [6, 6.07) is 15.2. The molecule has 0 aliphatic rings. The van der Waals surface area contributed by atoms with Gasteiger partial charge in [-0.1, -0.05) is 52.2 Å². The third-order valence-electron chi connectivity index (χ3n) is 4.53. The number of hydrogen-bond donors (Lipinski definition) is 1. The zero-order valence-electron chi connectivity index (χ0n) is 16.3. The van der Waals surface area contributed by atoms with Gasteiger partial charge >= 0.3 is 0 Å². The number of hydrogen-bond acceptors (Lipinski definition) is 4. The average Bonchev–Trinajstić information content (AvgIpc) is 3.08. The summed E-state index contributed by atoms with van der Waals surface area (Å²) in [7, 11) is -2.11. The number of fused-ring (bicyclic) bond motifs is 1. The molecule has 0 atom stereocenters. The molecule has 0 radical (unpaired) electrons. The maximum atomic E-state index is 12.8. The van der Waals surface area contributed by atoms with E-state index in [2.05, 4.69) is 9.71 Å². The lowest BCUT2D eigenvalue weighted by molar-refractivity contribution is 0.0998. The number of nitrogens with one attached hydrogen (secondary N) is 1. The van der Waals surface area contributed by atoms with Crippen LogP contribution in [0.3, 0.4) is 0 Å². The molecule has 0 unspecified atom stereocenters. The SMILES string of the molecule is Cn1c(=NC(=O)c2cccc(NS(=O)(=O)c3ccc(Cl)cc3)c2)sc2c(Cl)ccc(Cl)c21. The fourth-order valence-corrected chi connectivity index (χ4v) is 5.81. The predicted molar refractivity (Wildman–Crippen MR) is 129 cm³/mol. The number of sulfonamides is 1. The largest absolute Gasteiger partial charge is 0.318 e. The third kappa shape index (κ3) is 4.55. The molecule has 0 saturated carbocycles. The number of carbonyl (C=O) groups is 1. The van der Waals surface area contributed by atoms with E-state index in [9.17, 15) is 13.2 Å². The molecule has 6 nitrogen and oxygen atoms in total. The molecule has 11 heteroatoms. The van der Waals surface area contributed by atoms with Crippen LogP contribution in [0.1, 0.15) is 10.4 Å². The van der Waals surface area contributed by atoms with Crippen LogP contribution in [0, 0.1) is 0 Å². The maximum Gasteiger partial charge on any atom is 0.279 e. The van der Waals surface area contributed by atoms with E-state index in [0.717, 1.165) is 4.70 Å². The number of aryl methyl sites for hydroxylation is 1. The highest BCUT2D eigenvalue weighted by Gasteiger charge is 2.16. The summed E-state index contributed by atoms with van der Waals surface area (Å²) >= 11 is 19.6. The Morgan fingerprint density at radius 3 is 2.38 bits per heavy atom. The second-order valence-corrected chi connectivity index (χ2v) is 10.6. The normalized spacial score (nSPS) is 12.3.